The van der Waals surface area contributed by atoms with Crippen LogP contribution in [0.25, 0.3) is 0 Å². The minimum atomic E-state index is -3.64. The lowest BCUT2D eigenvalue weighted by molar-refractivity contribution is 0.111. The summed E-state index contributed by atoms with van der Waals surface area (Å²) in [6, 6.07) is 18.9. The van der Waals surface area contributed by atoms with Gasteiger partial charge in [-0.05, 0) is 11.1 Å². The van der Waals surface area contributed by atoms with Crippen LogP contribution in [-0.2, 0) is 31.4 Å². The van der Waals surface area contributed by atoms with Crippen LogP contribution in [0.4, 0.5) is 0 Å². The van der Waals surface area contributed by atoms with Gasteiger partial charge in [-0.2, -0.15) is 0 Å². The Balaban J connectivity index is 1.96. The third kappa shape index (κ3) is 5.58. The molecule has 0 atom stereocenters. The third-order valence-electron chi connectivity index (χ3n) is 2.81. The molecule has 0 saturated heterocycles. The van der Waals surface area contributed by atoms with Gasteiger partial charge in [-0.25, -0.2) is 4.57 Å². The molecule has 5 heteroatoms. The lowest BCUT2D eigenvalue weighted by Gasteiger charge is -2.17. The molecule has 2 aromatic carbocycles. The molecule has 4 nitrogen and oxygen atoms in total. The summed E-state index contributed by atoms with van der Waals surface area (Å²) >= 11 is 0. The quantitative estimate of drug-likeness (QED) is 0.495. The van der Waals surface area contributed by atoms with Gasteiger partial charge in [0.05, 0.1) is 19.8 Å². The van der Waals surface area contributed by atoms with Crippen LogP contribution >= 0.6 is 7.82 Å². The Labute approximate surface area is 131 Å². The molecule has 0 heterocycles. The number of hydrogen-bond acceptors (Lipinski definition) is 4. The number of hydrogen-bond donors (Lipinski definition) is 0. The SMILES string of the molecule is C=CCOP(=O)(OCc1ccccc1)OCc1ccccc1. The molecule has 0 aliphatic heterocycles. The molecule has 0 N–H and O–H groups in total. The van der Waals surface area contributed by atoms with E-state index in [9.17, 15) is 4.57 Å². The van der Waals surface area contributed by atoms with Crippen LogP contribution in [0, 0.1) is 0 Å². The van der Waals surface area contributed by atoms with Gasteiger partial charge in [-0.15, -0.1) is 6.58 Å². The fourth-order valence-electron chi connectivity index (χ4n) is 1.71. The molecule has 0 aliphatic rings. The smallest absolute Gasteiger partial charge is 0.283 e. The van der Waals surface area contributed by atoms with Gasteiger partial charge in [0.25, 0.3) is 0 Å². The number of benzene rings is 2. The fourth-order valence-corrected chi connectivity index (χ4v) is 2.84. The van der Waals surface area contributed by atoms with Gasteiger partial charge in [0.2, 0.25) is 0 Å². The largest absolute Gasteiger partial charge is 0.475 e. The third-order valence-corrected chi connectivity index (χ3v) is 4.17. The van der Waals surface area contributed by atoms with Crippen LogP contribution < -0.4 is 0 Å². The normalized spacial score (nSPS) is 11.3. The van der Waals surface area contributed by atoms with E-state index in [1.807, 2.05) is 60.7 Å². The Bertz CT molecular complexity index is 566. The number of rotatable bonds is 9. The topological polar surface area (TPSA) is 44.8 Å². The second kappa shape index (κ2) is 8.66. The van der Waals surface area contributed by atoms with Crippen molar-refractivity contribution in [3.63, 3.8) is 0 Å². The number of phosphoric ester groups is 1. The maximum absolute atomic E-state index is 12.6. The maximum atomic E-state index is 12.6. The summed E-state index contributed by atoms with van der Waals surface area (Å²) in [5.41, 5.74) is 1.79. The molecule has 0 aromatic heterocycles. The fraction of sp³-hybridized carbons (Fsp3) is 0.176. The van der Waals surface area contributed by atoms with Crippen molar-refractivity contribution >= 4 is 7.82 Å². The highest BCUT2D eigenvalue weighted by molar-refractivity contribution is 7.48. The second-order valence-electron chi connectivity index (χ2n) is 4.55. The Kier molecular flexibility index (Phi) is 6.56. The van der Waals surface area contributed by atoms with E-state index >= 15 is 0 Å². The number of phosphoric acid groups is 1. The molecular formula is C17H19O4P. The van der Waals surface area contributed by atoms with Gasteiger partial charge in [-0.1, -0.05) is 66.7 Å². The molecule has 0 spiro atoms. The molecule has 0 bridgehead atoms. The van der Waals surface area contributed by atoms with Crippen LogP contribution in [0.5, 0.6) is 0 Å². The zero-order valence-corrected chi connectivity index (χ0v) is 13.2. The van der Waals surface area contributed by atoms with E-state index < -0.39 is 7.82 Å². The zero-order chi connectivity index (χ0) is 15.7. The Morgan fingerprint density at radius 1 is 0.818 bits per heavy atom. The molecule has 0 unspecified atom stereocenters. The van der Waals surface area contributed by atoms with Crippen LogP contribution in [-0.4, -0.2) is 6.61 Å². The average Bonchev–Trinajstić information content (AvgIpc) is 2.59. The van der Waals surface area contributed by atoms with Crippen molar-refractivity contribution in [3.8, 4) is 0 Å². The van der Waals surface area contributed by atoms with Gasteiger partial charge in [0.15, 0.2) is 0 Å². The summed E-state index contributed by atoms with van der Waals surface area (Å²) in [7, 11) is -3.64. The van der Waals surface area contributed by atoms with E-state index in [2.05, 4.69) is 6.58 Å². The molecule has 22 heavy (non-hydrogen) atoms. The lowest BCUT2D eigenvalue weighted by atomic mass is 10.2. The highest BCUT2D eigenvalue weighted by atomic mass is 31.2. The zero-order valence-electron chi connectivity index (χ0n) is 12.3. The molecule has 0 fully saturated rings. The molecule has 2 rings (SSSR count). The molecule has 0 saturated carbocycles. The summed E-state index contributed by atoms with van der Waals surface area (Å²) in [5.74, 6) is 0. The Morgan fingerprint density at radius 3 is 1.68 bits per heavy atom. The van der Waals surface area contributed by atoms with Gasteiger partial charge < -0.3 is 0 Å². The van der Waals surface area contributed by atoms with Gasteiger partial charge in [0.1, 0.15) is 0 Å². The van der Waals surface area contributed by atoms with E-state index in [0.717, 1.165) is 11.1 Å². The summed E-state index contributed by atoms with van der Waals surface area (Å²) in [6.45, 7) is 3.95. The first-order valence-corrected chi connectivity index (χ1v) is 8.40. The monoisotopic (exact) mass is 318 g/mol. The summed E-state index contributed by atoms with van der Waals surface area (Å²) < 4.78 is 28.6. The highest BCUT2D eigenvalue weighted by Crippen LogP contribution is 2.50. The van der Waals surface area contributed by atoms with E-state index in [4.69, 9.17) is 13.6 Å². The molecule has 116 valence electrons. The lowest BCUT2D eigenvalue weighted by Crippen LogP contribution is -2.01. The van der Waals surface area contributed by atoms with Gasteiger partial charge in [0, 0.05) is 0 Å². The predicted molar refractivity (Wildman–Crippen MR) is 86.2 cm³/mol. The Morgan fingerprint density at radius 2 is 1.27 bits per heavy atom. The summed E-state index contributed by atoms with van der Waals surface area (Å²) in [4.78, 5) is 0. The minimum Gasteiger partial charge on any atom is -0.283 e. The Hall–Kier alpha value is -1.71. The average molecular weight is 318 g/mol. The summed E-state index contributed by atoms with van der Waals surface area (Å²) in [6.07, 6.45) is 1.50. The van der Waals surface area contributed by atoms with Crippen LogP contribution in [0.1, 0.15) is 11.1 Å². The second-order valence-corrected chi connectivity index (χ2v) is 6.22. The van der Waals surface area contributed by atoms with E-state index in [1.165, 1.54) is 6.08 Å². The first kappa shape index (κ1) is 16.7. The van der Waals surface area contributed by atoms with Crippen molar-refractivity contribution in [2.45, 2.75) is 13.2 Å². The molecule has 0 amide bonds. The highest BCUT2D eigenvalue weighted by Gasteiger charge is 2.26. The van der Waals surface area contributed by atoms with Gasteiger partial charge >= 0.3 is 7.82 Å². The van der Waals surface area contributed by atoms with Crippen molar-refractivity contribution in [1.82, 2.24) is 0 Å². The minimum absolute atomic E-state index is 0.0981. The van der Waals surface area contributed by atoms with Crippen LogP contribution in [0.3, 0.4) is 0 Å². The molecule has 2 aromatic rings. The van der Waals surface area contributed by atoms with Crippen molar-refractivity contribution < 1.29 is 18.1 Å². The van der Waals surface area contributed by atoms with Crippen molar-refractivity contribution in [2.75, 3.05) is 6.61 Å². The molecular weight excluding hydrogens is 299 g/mol. The van der Waals surface area contributed by atoms with Crippen LogP contribution in [0.15, 0.2) is 73.3 Å². The summed E-state index contributed by atoms with van der Waals surface area (Å²) in [5, 5.41) is 0. The predicted octanol–water partition coefficient (Wildman–Crippen LogP) is 4.73. The maximum Gasteiger partial charge on any atom is 0.475 e. The standard InChI is InChI=1S/C17H19O4P/c1-2-13-19-22(18,20-14-16-9-5-3-6-10-16)21-15-17-11-7-4-8-12-17/h2-12H,1,13-15H2. The van der Waals surface area contributed by atoms with Crippen molar-refractivity contribution in [1.29, 1.82) is 0 Å². The van der Waals surface area contributed by atoms with Crippen LogP contribution in [0.2, 0.25) is 0 Å². The van der Waals surface area contributed by atoms with E-state index in [1.54, 1.807) is 0 Å². The van der Waals surface area contributed by atoms with Gasteiger partial charge in [-0.3, -0.25) is 13.6 Å². The molecule has 0 aliphatic carbocycles. The van der Waals surface area contributed by atoms with Crippen molar-refractivity contribution in [3.05, 3.63) is 84.4 Å². The molecule has 0 radical (unpaired) electrons. The van der Waals surface area contributed by atoms with Crippen molar-refractivity contribution in [2.24, 2.45) is 0 Å². The van der Waals surface area contributed by atoms with E-state index in [-0.39, 0.29) is 19.8 Å². The first-order valence-electron chi connectivity index (χ1n) is 6.94. The van der Waals surface area contributed by atoms with E-state index in [0.29, 0.717) is 0 Å². The first-order chi connectivity index (χ1) is 10.7.